The Bertz CT molecular complexity index is 400. The Morgan fingerprint density at radius 1 is 1.32 bits per heavy atom. The van der Waals surface area contributed by atoms with E-state index in [1.165, 1.54) is 6.42 Å². The summed E-state index contributed by atoms with van der Waals surface area (Å²) in [5, 5.41) is 1.53. The second-order valence-electron chi connectivity index (χ2n) is 5.25. The number of nitrogens with two attached hydrogens (primary N) is 1. The third kappa shape index (κ3) is 3.25. The van der Waals surface area contributed by atoms with Crippen molar-refractivity contribution in [3.05, 3.63) is 33.8 Å². The normalized spacial score (nSPS) is 24.6. The van der Waals surface area contributed by atoms with Crippen LogP contribution in [0.2, 0.25) is 10.0 Å². The highest BCUT2D eigenvalue weighted by molar-refractivity contribution is 6.36. The van der Waals surface area contributed by atoms with Crippen molar-refractivity contribution in [2.75, 3.05) is 19.6 Å². The van der Waals surface area contributed by atoms with E-state index in [1.807, 2.05) is 18.2 Å². The molecule has 1 aromatic carbocycles. The summed E-state index contributed by atoms with van der Waals surface area (Å²) in [6.07, 6.45) is 3.50. The fourth-order valence-electron chi connectivity index (χ4n) is 3.15. The zero-order valence-corrected chi connectivity index (χ0v) is 12.9. The molecule has 0 radical (unpaired) electrons. The van der Waals surface area contributed by atoms with E-state index in [9.17, 15) is 0 Å². The lowest BCUT2D eigenvalue weighted by molar-refractivity contribution is 0.0962. The smallest absolute Gasteiger partial charge is 0.0468 e. The molecule has 19 heavy (non-hydrogen) atoms. The number of nitrogens with zero attached hydrogens (tertiary/aromatic N) is 1. The molecule has 2 rings (SSSR count). The molecule has 2 atom stereocenters. The van der Waals surface area contributed by atoms with Gasteiger partial charge in [0, 0.05) is 21.7 Å². The summed E-state index contributed by atoms with van der Waals surface area (Å²) in [7, 11) is 0. The Labute approximate surface area is 125 Å². The molecule has 0 bridgehead atoms. The van der Waals surface area contributed by atoms with Crippen LogP contribution >= 0.6 is 23.2 Å². The van der Waals surface area contributed by atoms with Crippen LogP contribution in [0.5, 0.6) is 0 Å². The first-order chi connectivity index (χ1) is 9.19. The SMILES string of the molecule is CCCN1CCCC(CN)C1c1c(Cl)cccc1Cl. The molecule has 0 saturated carbocycles. The van der Waals surface area contributed by atoms with Gasteiger partial charge < -0.3 is 5.73 Å². The van der Waals surface area contributed by atoms with E-state index in [0.29, 0.717) is 12.5 Å². The molecule has 0 aromatic heterocycles. The quantitative estimate of drug-likeness (QED) is 0.906. The predicted molar refractivity (Wildman–Crippen MR) is 82.8 cm³/mol. The van der Waals surface area contributed by atoms with Gasteiger partial charge in [0.05, 0.1) is 0 Å². The number of hydrogen-bond acceptors (Lipinski definition) is 2. The van der Waals surface area contributed by atoms with Crippen LogP contribution in [0, 0.1) is 5.92 Å². The Morgan fingerprint density at radius 3 is 2.58 bits per heavy atom. The van der Waals surface area contributed by atoms with Gasteiger partial charge in [0.15, 0.2) is 0 Å². The third-order valence-corrected chi connectivity index (χ3v) is 4.63. The molecular formula is C15H22Cl2N2. The Balaban J connectivity index is 2.39. The van der Waals surface area contributed by atoms with Crippen LogP contribution in [-0.4, -0.2) is 24.5 Å². The molecule has 0 aliphatic carbocycles. The zero-order chi connectivity index (χ0) is 13.8. The third-order valence-electron chi connectivity index (χ3n) is 3.97. The minimum Gasteiger partial charge on any atom is -0.330 e. The molecule has 1 saturated heterocycles. The van der Waals surface area contributed by atoms with Crippen LogP contribution in [0.15, 0.2) is 18.2 Å². The van der Waals surface area contributed by atoms with Crippen molar-refractivity contribution in [2.45, 2.75) is 32.2 Å². The highest BCUT2D eigenvalue weighted by Crippen LogP contribution is 2.41. The molecule has 1 aliphatic rings. The van der Waals surface area contributed by atoms with Gasteiger partial charge in [0.25, 0.3) is 0 Å². The lowest BCUT2D eigenvalue weighted by Crippen LogP contribution is -2.42. The number of likely N-dealkylation sites (tertiary alicyclic amines) is 1. The highest BCUT2D eigenvalue weighted by Gasteiger charge is 2.33. The van der Waals surface area contributed by atoms with Gasteiger partial charge in [0.2, 0.25) is 0 Å². The van der Waals surface area contributed by atoms with Gasteiger partial charge in [-0.25, -0.2) is 0 Å². The summed E-state index contributed by atoms with van der Waals surface area (Å²) >= 11 is 12.8. The van der Waals surface area contributed by atoms with Gasteiger partial charge in [-0.15, -0.1) is 0 Å². The Morgan fingerprint density at radius 2 is 2.00 bits per heavy atom. The average molecular weight is 301 g/mol. The summed E-state index contributed by atoms with van der Waals surface area (Å²) in [5.41, 5.74) is 7.04. The van der Waals surface area contributed by atoms with Crippen molar-refractivity contribution in [3.63, 3.8) is 0 Å². The van der Waals surface area contributed by atoms with Crippen molar-refractivity contribution < 1.29 is 0 Å². The van der Waals surface area contributed by atoms with Crippen LogP contribution in [0.1, 0.15) is 37.8 Å². The summed E-state index contributed by atoms with van der Waals surface area (Å²) in [5.74, 6) is 0.442. The van der Waals surface area contributed by atoms with Gasteiger partial charge in [-0.05, 0) is 56.9 Å². The Hall–Kier alpha value is -0.280. The van der Waals surface area contributed by atoms with E-state index in [-0.39, 0.29) is 6.04 Å². The second kappa shape index (κ2) is 6.94. The topological polar surface area (TPSA) is 29.3 Å². The maximum absolute atomic E-state index is 6.40. The Kier molecular flexibility index (Phi) is 5.52. The summed E-state index contributed by atoms with van der Waals surface area (Å²) < 4.78 is 0. The predicted octanol–water partition coefficient (Wildman–Crippen LogP) is 4.12. The van der Waals surface area contributed by atoms with Gasteiger partial charge in [-0.1, -0.05) is 36.2 Å². The average Bonchev–Trinajstić information content (AvgIpc) is 2.40. The second-order valence-corrected chi connectivity index (χ2v) is 6.07. The van der Waals surface area contributed by atoms with E-state index >= 15 is 0 Å². The molecule has 2 N–H and O–H groups in total. The molecule has 106 valence electrons. The van der Waals surface area contributed by atoms with E-state index in [2.05, 4.69) is 11.8 Å². The number of piperidine rings is 1. The molecule has 2 unspecified atom stereocenters. The molecule has 1 aliphatic heterocycles. The van der Waals surface area contributed by atoms with Crippen molar-refractivity contribution in [3.8, 4) is 0 Å². The minimum absolute atomic E-state index is 0.264. The molecule has 0 amide bonds. The van der Waals surface area contributed by atoms with Crippen LogP contribution < -0.4 is 5.73 Å². The van der Waals surface area contributed by atoms with Crippen molar-refractivity contribution >= 4 is 23.2 Å². The summed E-state index contributed by atoms with van der Waals surface area (Å²) in [6.45, 7) is 5.07. The first-order valence-corrected chi connectivity index (χ1v) is 7.82. The largest absolute Gasteiger partial charge is 0.330 e. The van der Waals surface area contributed by atoms with Gasteiger partial charge in [-0.2, -0.15) is 0 Å². The standard InChI is InChI=1S/C15H22Cl2N2/c1-2-8-19-9-4-5-11(10-18)15(19)14-12(16)6-3-7-13(14)17/h3,6-7,11,15H,2,4-5,8-10,18H2,1H3. The van der Waals surface area contributed by atoms with Crippen LogP contribution in [0.25, 0.3) is 0 Å². The van der Waals surface area contributed by atoms with Crippen LogP contribution in [0.4, 0.5) is 0 Å². The first kappa shape index (κ1) is 15.1. The van der Waals surface area contributed by atoms with Crippen molar-refractivity contribution in [1.82, 2.24) is 4.90 Å². The molecule has 1 heterocycles. The molecule has 1 fully saturated rings. The molecule has 4 heteroatoms. The van der Waals surface area contributed by atoms with E-state index in [4.69, 9.17) is 28.9 Å². The van der Waals surface area contributed by atoms with E-state index < -0.39 is 0 Å². The minimum atomic E-state index is 0.264. The van der Waals surface area contributed by atoms with Crippen LogP contribution in [-0.2, 0) is 0 Å². The van der Waals surface area contributed by atoms with Gasteiger partial charge in [-0.3, -0.25) is 4.90 Å². The highest BCUT2D eigenvalue weighted by atomic mass is 35.5. The van der Waals surface area contributed by atoms with Gasteiger partial charge >= 0.3 is 0 Å². The molecular weight excluding hydrogens is 279 g/mol. The van der Waals surface area contributed by atoms with Crippen molar-refractivity contribution in [1.29, 1.82) is 0 Å². The van der Waals surface area contributed by atoms with E-state index in [0.717, 1.165) is 41.5 Å². The summed E-state index contributed by atoms with van der Waals surface area (Å²) in [4.78, 5) is 2.49. The number of benzene rings is 1. The lowest BCUT2D eigenvalue weighted by Gasteiger charge is -2.42. The molecule has 2 nitrogen and oxygen atoms in total. The number of halogens is 2. The maximum atomic E-state index is 6.40. The monoisotopic (exact) mass is 300 g/mol. The van der Waals surface area contributed by atoms with Crippen molar-refractivity contribution in [2.24, 2.45) is 11.7 Å². The lowest BCUT2D eigenvalue weighted by atomic mass is 9.84. The molecule has 1 aromatic rings. The number of hydrogen-bond donors (Lipinski definition) is 1. The number of rotatable bonds is 4. The molecule has 0 spiro atoms. The fourth-order valence-corrected chi connectivity index (χ4v) is 3.77. The first-order valence-electron chi connectivity index (χ1n) is 7.07. The zero-order valence-electron chi connectivity index (χ0n) is 11.4. The van der Waals surface area contributed by atoms with E-state index in [1.54, 1.807) is 0 Å². The summed E-state index contributed by atoms with van der Waals surface area (Å²) in [6, 6.07) is 6.02. The maximum Gasteiger partial charge on any atom is 0.0468 e. The van der Waals surface area contributed by atoms with Gasteiger partial charge in [0.1, 0.15) is 0 Å². The van der Waals surface area contributed by atoms with Crippen LogP contribution in [0.3, 0.4) is 0 Å². The fraction of sp³-hybridized carbons (Fsp3) is 0.600.